The lowest BCUT2D eigenvalue weighted by Gasteiger charge is -2.13. The van der Waals surface area contributed by atoms with Crippen molar-refractivity contribution in [3.05, 3.63) is 0 Å². The van der Waals surface area contributed by atoms with E-state index in [4.69, 9.17) is 0 Å². The topological polar surface area (TPSA) is 32.3 Å². The van der Waals surface area contributed by atoms with Gasteiger partial charge in [0, 0.05) is 13.0 Å². The summed E-state index contributed by atoms with van der Waals surface area (Å²) in [7, 11) is 3.99. The molecule has 0 radical (unpaired) electrons. The molecule has 0 aliphatic carbocycles. The van der Waals surface area contributed by atoms with E-state index >= 15 is 0 Å². The quantitative estimate of drug-likeness (QED) is 0.422. The van der Waals surface area contributed by atoms with Crippen molar-refractivity contribution in [3.63, 3.8) is 0 Å². The summed E-state index contributed by atoms with van der Waals surface area (Å²) in [5, 5.41) is 3.08. The third-order valence-electron chi connectivity index (χ3n) is 1.60. The van der Waals surface area contributed by atoms with Gasteiger partial charge in [-0.15, -0.1) is 0 Å². The minimum Gasteiger partial charge on any atom is -0.320 e. The fraction of sp³-hybridized carbons (Fsp3) is 0.875. The summed E-state index contributed by atoms with van der Waals surface area (Å²) < 4.78 is 0. The molecule has 0 bridgehead atoms. The van der Waals surface area contributed by atoms with Gasteiger partial charge in [0.15, 0.2) is 0 Å². The predicted molar refractivity (Wildman–Crippen MR) is 46.7 cm³/mol. The van der Waals surface area contributed by atoms with Crippen LogP contribution >= 0.6 is 0 Å². The molecule has 0 amide bonds. The van der Waals surface area contributed by atoms with E-state index in [1.54, 1.807) is 0 Å². The second kappa shape index (κ2) is 7.69. The van der Waals surface area contributed by atoms with Crippen LogP contribution in [0.1, 0.15) is 12.8 Å². The molecule has 0 saturated carbocycles. The van der Waals surface area contributed by atoms with Gasteiger partial charge < -0.3 is 15.0 Å². The van der Waals surface area contributed by atoms with Gasteiger partial charge in [-0.1, -0.05) is 0 Å². The van der Waals surface area contributed by atoms with Crippen LogP contribution in [0.2, 0.25) is 0 Å². The fourth-order valence-corrected chi connectivity index (χ4v) is 0.911. The fourth-order valence-electron chi connectivity index (χ4n) is 0.911. The van der Waals surface area contributed by atoms with Crippen LogP contribution in [0.4, 0.5) is 0 Å². The van der Waals surface area contributed by atoms with E-state index in [1.165, 1.54) is 0 Å². The molecule has 3 nitrogen and oxygen atoms in total. The molecule has 0 aromatic heterocycles. The van der Waals surface area contributed by atoms with Crippen molar-refractivity contribution in [2.45, 2.75) is 12.8 Å². The number of aldehydes is 1. The highest BCUT2D eigenvalue weighted by molar-refractivity contribution is 5.49. The van der Waals surface area contributed by atoms with Crippen molar-refractivity contribution in [2.75, 3.05) is 33.7 Å². The van der Waals surface area contributed by atoms with Crippen LogP contribution in [0.15, 0.2) is 0 Å². The van der Waals surface area contributed by atoms with Crippen molar-refractivity contribution in [2.24, 2.45) is 0 Å². The van der Waals surface area contributed by atoms with Crippen LogP contribution in [0.25, 0.3) is 0 Å². The summed E-state index contributed by atoms with van der Waals surface area (Å²) in [6.07, 6.45) is 2.76. The molecule has 0 aliphatic rings. The van der Waals surface area contributed by atoms with E-state index in [2.05, 4.69) is 10.2 Å². The van der Waals surface area contributed by atoms with Gasteiger partial charge in [0.2, 0.25) is 0 Å². The summed E-state index contributed by atoms with van der Waals surface area (Å²) in [4.78, 5) is 12.2. The zero-order valence-corrected chi connectivity index (χ0v) is 7.47. The van der Waals surface area contributed by atoms with Crippen LogP contribution < -0.4 is 5.32 Å². The molecule has 0 aromatic rings. The number of carbonyl (C=O) groups is 1. The van der Waals surface area contributed by atoms with Crippen LogP contribution in [-0.4, -0.2) is 44.9 Å². The molecule has 0 aliphatic heterocycles. The van der Waals surface area contributed by atoms with Crippen molar-refractivity contribution in [1.29, 1.82) is 0 Å². The van der Waals surface area contributed by atoms with E-state index in [1.807, 2.05) is 14.1 Å². The van der Waals surface area contributed by atoms with Gasteiger partial charge in [0.1, 0.15) is 6.29 Å². The summed E-state index contributed by atoms with van der Waals surface area (Å²) >= 11 is 0. The van der Waals surface area contributed by atoms with Crippen LogP contribution in [0, 0.1) is 0 Å². The Bertz CT molecular complexity index is 96.1. The van der Waals surface area contributed by atoms with Crippen LogP contribution in [-0.2, 0) is 4.79 Å². The maximum Gasteiger partial charge on any atom is 0.121 e. The van der Waals surface area contributed by atoms with Crippen LogP contribution in [0.5, 0.6) is 0 Å². The average molecular weight is 158 g/mol. The molecule has 3 heteroatoms. The zero-order valence-electron chi connectivity index (χ0n) is 7.47. The van der Waals surface area contributed by atoms with E-state index in [0.29, 0.717) is 6.42 Å². The molecule has 0 atom stereocenters. The summed E-state index contributed by atoms with van der Waals surface area (Å²) in [6, 6.07) is 0. The predicted octanol–water partition coefficient (Wildman–Crippen LogP) is 0.117. The molecule has 0 saturated heterocycles. The molecule has 0 heterocycles. The monoisotopic (exact) mass is 158 g/mol. The van der Waals surface area contributed by atoms with Gasteiger partial charge in [-0.05, 0) is 33.6 Å². The normalized spacial score (nSPS) is 10.5. The standard InChI is InChI=1S/C8H18N2O/c1-9-5-3-6-10(2)7-4-8-11/h8-9H,3-7H2,1-2H3. The van der Waals surface area contributed by atoms with Crippen LogP contribution in [0.3, 0.4) is 0 Å². The minimum absolute atomic E-state index is 0.649. The summed E-state index contributed by atoms with van der Waals surface area (Å²) in [6.45, 7) is 2.99. The number of carbonyl (C=O) groups excluding carboxylic acids is 1. The smallest absolute Gasteiger partial charge is 0.121 e. The number of hydrogen-bond donors (Lipinski definition) is 1. The maximum absolute atomic E-state index is 10.0. The number of nitrogens with one attached hydrogen (secondary N) is 1. The Morgan fingerprint density at radius 3 is 2.73 bits per heavy atom. The first kappa shape index (κ1) is 10.6. The minimum atomic E-state index is 0.649. The molecule has 0 fully saturated rings. The Balaban J connectivity index is 3.08. The third-order valence-corrected chi connectivity index (χ3v) is 1.60. The van der Waals surface area contributed by atoms with E-state index < -0.39 is 0 Å². The second-order valence-electron chi connectivity index (χ2n) is 2.72. The van der Waals surface area contributed by atoms with E-state index in [0.717, 1.165) is 32.3 Å². The molecular formula is C8H18N2O. The summed E-state index contributed by atoms with van der Waals surface area (Å²) in [5.74, 6) is 0. The highest BCUT2D eigenvalue weighted by atomic mass is 16.1. The SMILES string of the molecule is CNCCCN(C)CCC=O. The lowest BCUT2D eigenvalue weighted by atomic mass is 10.3. The number of hydrogen-bond acceptors (Lipinski definition) is 3. The first-order valence-electron chi connectivity index (χ1n) is 4.08. The largest absolute Gasteiger partial charge is 0.320 e. The Labute approximate surface area is 68.8 Å². The van der Waals surface area contributed by atoms with Crippen molar-refractivity contribution >= 4 is 6.29 Å². The third kappa shape index (κ3) is 7.49. The Morgan fingerprint density at radius 2 is 2.18 bits per heavy atom. The first-order chi connectivity index (χ1) is 5.31. The van der Waals surface area contributed by atoms with Gasteiger partial charge in [-0.25, -0.2) is 0 Å². The van der Waals surface area contributed by atoms with E-state index in [9.17, 15) is 4.79 Å². The van der Waals surface area contributed by atoms with Gasteiger partial charge in [0.25, 0.3) is 0 Å². The van der Waals surface area contributed by atoms with Gasteiger partial charge in [0.05, 0.1) is 0 Å². The number of nitrogens with zero attached hydrogens (tertiary/aromatic N) is 1. The van der Waals surface area contributed by atoms with Gasteiger partial charge >= 0.3 is 0 Å². The molecule has 0 rings (SSSR count). The zero-order chi connectivity index (χ0) is 8.53. The Kier molecular flexibility index (Phi) is 7.41. The maximum atomic E-state index is 10.0. The first-order valence-corrected chi connectivity index (χ1v) is 4.08. The van der Waals surface area contributed by atoms with Gasteiger partial charge in [-0.2, -0.15) is 0 Å². The lowest BCUT2D eigenvalue weighted by Crippen LogP contribution is -2.23. The Hall–Kier alpha value is -0.410. The molecule has 0 spiro atoms. The molecule has 0 aromatic carbocycles. The summed E-state index contributed by atoms with van der Waals surface area (Å²) in [5.41, 5.74) is 0. The van der Waals surface area contributed by atoms with Crippen molar-refractivity contribution < 1.29 is 4.79 Å². The van der Waals surface area contributed by atoms with Crippen molar-refractivity contribution in [1.82, 2.24) is 10.2 Å². The Morgan fingerprint density at radius 1 is 1.45 bits per heavy atom. The van der Waals surface area contributed by atoms with Gasteiger partial charge in [-0.3, -0.25) is 0 Å². The second-order valence-corrected chi connectivity index (χ2v) is 2.72. The lowest BCUT2D eigenvalue weighted by molar-refractivity contribution is -0.108. The average Bonchev–Trinajstić information content (AvgIpc) is 2.01. The highest BCUT2D eigenvalue weighted by Crippen LogP contribution is 1.87. The molecule has 1 N–H and O–H groups in total. The molecule has 66 valence electrons. The molecule has 0 unspecified atom stereocenters. The number of rotatable bonds is 7. The molecular weight excluding hydrogens is 140 g/mol. The highest BCUT2D eigenvalue weighted by Gasteiger charge is 1.95. The molecule has 11 heavy (non-hydrogen) atoms. The van der Waals surface area contributed by atoms with E-state index in [-0.39, 0.29) is 0 Å². The van der Waals surface area contributed by atoms with Crippen molar-refractivity contribution in [3.8, 4) is 0 Å².